The van der Waals surface area contributed by atoms with Crippen LogP contribution in [0.3, 0.4) is 0 Å². The van der Waals surface area contributed by atoms with E-state index in [9.17, 15) is 4.79 Å². The molecule has 2 nitrogen and oxygen atoms in total. The third kappa shape index (κ3) is 3.80. The van der Waals surface area contributed by atoms with Gasteiger partial charge in [0.25, 0.3) is 0 Å². The molecule has 0 amide bonds. The summed E-state index contributed by atoms with van der Waals surface area (Å²) in [6, 6.07) is 0. The monoisotopic (exact) mass is 239 g/mol. The molecule has 1 aliphatic rings. The summed E-state index contributed by atoms with van der Waals surface area (Å²) in [5.41, 5.74) is -0.0508. The zero-order chi connectivity index (χ0) is 12.7. The quantitative estimate of drug-likeness (QED) is 0.656. The molecule has 0 spiro atoms. The molecule has 0 aromatic heterocycles. The Morgan fingerprint density at radius 1 is 1.24 bits per heavy atom. The molecular formula is C15H29NO. The van der Waals surface area contributed by atoms with Crippen molar-refractivity contribution in [2.24, 2.45) is 11.3 Å². The largest absolute Gasteiger partial charge is 0.316 e. The summed E-state index contributed by atoms with van der Waals surface area (Å²) < 4.78 is 0. The number of carbonyl (C=O) groups is 1. The van der Waals surface area contributed by atoms with E-state index in [0.29, 0.717) is 11.7 Å². The van der Waals surface area contributed by atoms with Gasteiger partial charge in [-0.1, -0.05) is 46.5 Å². The molecule has 1 fully saturated rings. The molecule has 0 aromatic rings. The number of rotatable bonds is 8. The summed E-state index contributed by atoms with van der Waals surface area (Å²) in [6.45, 7) is 8.53. The predicted molar refractivity (Wildman–Crippen MR) is 73.1 cm³/mol. The van der Waals surface area contributed by atoms with Crippen LogP contribution in [-0.2, 0) is 4.79 Å². The van der Waals surface area contributed by atoms with Crippen LogP contribution in [0.2, 0.25) is 0 Å². The molecule has 1 aliphatic heterocycles. The fourth-order valence-corrected chi connectivity index (χ4v) is 2.90. The van der Waals surface area contributed by atoms with Crippen LogP contribution in [0.4, 0.5) is 0 Å². The van der Waals surface area contributed by atoms with Gasteiger partial charge in [-0.25, -0.2) is 0 Å². The van der Waals surface area contributed by atoms with Crippen molar-refractivity contribution in [1.29, 1.82) is 0 Å². The zero-order valence-corrected chi connectivity index (χ0v) is 11.8. The third-order valence-electron chi connectivity index (χ3n) is 4.36. The first kappa shape index (κ1) is 14.7. The first-order valence-corrected chi connectivity index (χ1v) is 7.37. The molecule has 17 heavy (non-hydrogen) atoms. The molecule has 100 valence electrons. The molecule has 1 unspecified atom stereocenters. The van der Waals surface area contributed by atoms with Gasteiger partial charge in [0.15, 0.2) is 0 Å². The standard InChI is InChI=1S/C15H29NO/c1-4-5-6-7-8-9-14(17)15(13(2)3)10-11-16-12-15/h13,16H,4-12H2,1-3H3. The van der Waals surface area contributed by atoms with Crippen molar-refractivity contribution in [1.82, 2.24) is 5.32 Å². The molecule has 1 saturated heterocycles. The highest BCUT2D eigenvalue weighted by molar-refractivity contribution is 5.85. The maximum Gasteiger partial charge on any atom is 0.140 e. The highest BCUT2D eigenvalue weighted by Crippen LogP contribution is 2.36. The van der Waals surface area contributed by atoms with E-state index < -0.39 is 0 Å². The lowest BCUT2D eigenvalue weighted by Gasteiger charge is -2.31. The Bertz CT molecular complexity index is 229. The summed E-state index contributed by atoms with van der Waals surface area (Å²) in [4.78, 5) is 12.4. The molecule has 1 heterocycles. The molecule has 2 heteroatoms. The summed E-state index contributed by atoms with van der Waals surface area (Å²) in [5.74, 6) is 0.981. The Kier molecular flexibility index (Phi) is 6.18. The van der Waals surface area contributed by atoms with Crippen molar-refractivity contribution < 1.29 is 4.79 Å². The Balaban J connectivity index is 2.34. The lowest BCUT2D eigenvalue weighted by molar-refractivity contribution is -0.130. The number of hydrogen-bond acceptors (Lipinski definition) is 2. The van der Waals surface area contributed by atoms with E-state index in [1.807, 2.05) is 0 Å². The van der Waals surface area contributed by atoms with Gasteiger partial charge in [-0.3, -0.25) is 4.79 Å². The van der Waals surface area contributed by atoms with Crippen LogP contribution in [-0.4, -0.2) is 18.9 Å². The molecule has 1 rings (SSSR count). The number of hydrogen-bond donors (Lipinski definition) is 1. The molecule has 1 N–H and O–H groups in total. The molecule has 0 saturated carbocycles. The highest BCUT2D eigenvalue weighted by atomic mass is 16.1. The van der Waals surface area contributed by atoms with Gasteiger partial charge >= 0.3 is 0 Å². The average Bonchev–Trinajstić information content (AvgIpc) is 2.79. The van der Waals surface area contributed by atoms with Gasteiger partial charge in [0.1, 0.15) is 5.78 Å². The zero-order valence-electron chi connectivity index (χ0n) is 11.8. The van der Waals surface area contributed by atoms with E-state index in [0.717, 1.165) is 32.4 Å². The second-order valence-corrected chi connectivity index (χ2v) is 5.83. The average molecular weight is 239 g/mol. The van der Waals surface area contributed by atoms with Crippen LogP contribution in [0.25, 0.3) is 0 Å². The van der Waals surface area contributed by atoms with Gasteiger partial charge in [-0.2, -0.15) is 0 Å². The van der Waals surface area contributed by atoms with Crippen LogP contribution >= 0.6 is 0 Å². The topological polar surface area (TPSA) is 29.1 Å². The number of ketones is 1. The molecule has 1 atom stereocenters. The van der Waals surface area contributed by atoms with Crippen molar-refractivity contribution in [3.05, 3.63) is 0 Å². The van der Waals surface area contributed by atoms with Crippen LogP contribution < -0.4 is 5.32 Å². The van der Waals surface area contributed by atoms with Gasteiger partial charge in [0.2, 0.25) is 0 Å². The van der Waals surface area contributed by atoms with Crippen LogP contribution in [0, 0.1) is 11.3 Å². The van der Waals surface area contributed by atoms with E-state index in [-0.39, 0.29) is 5.41 Å². The minimum Gasteiger partial charge on any atom is -0.316 e. The molecular weight excluding hydrogens is 210 g/mol. The normalized spacial score (nSPS) is 24.5. The maximum absolute atomic E-state index is 12.4. The maximum atomic E-state index is 12.4. The van der Waals surface area contributed by atoms with Crippen molar-refractivity contribution in [3.63, 3.8) is 0 Å². The van der Waals surface area contributed by atoms with Crippen LogP contribution in [0.1, 0.15) is 65.7 Å². The minimum absolute atomic E-state index is 0.0508. The smallest absolute Gasteiger partial charge is 0.140 e. The Hall–Kier alpha value is -0.370. The Labute approximate surface area is 107 Å². The SMILES string of the molecule is CCCCCCCC(=O)C1(C(C)C)CCNC1. The molecule has 0 aromatic carbocycles. The molecule has 0 aliphatic carbocycles. The van der Waals surface area contributed by atoms with Crippen molar-refractivity contribution in [2.75, 3.05) is 13.1 Å². The van der Waals surface area contributed by atoms with E-state index in [1.165, 1.54) is 25.7 Å². The van der Waals surface area contributed by atoms with Gasteiger partial charge < -0.3 is 5.32 Å². The first-order valence-electron chi connectivity index (χ1n) is 7.37. The second kappa shape index (κ2) is 7.15. The number of Topliss-reactive ketones (excluding diaryl/α,β-unsaturated/α-hetero) is 1. The summed E-state index contributed by atoms with van der Waals surface area (Å²) in [7, 11) is 0. The van der Waals surface area contributed by atoms with Crippen LogP contribution in [0.5, 0.6) is 0 Å². The van der Waals surface area contributed by atoms with Gasteiger partial charge in [0, 0.05) is 18.4 Å². The lowest BCUT2D eigenvalue weighted by Crippen LogP contribution is -2.38. The first-order chi connectivity index (χ1) is 8.13. The number of nitrogens with one attached hydrogen (secondary N) is 1. The van der Waals surface area contributed by atoms with Gasteiger partial charge in [0.05, 0.1) is 0 Å². The van der Waals surface area contributed by atoms with E-state index in [1.54, 1.807) is 0 Å². The molecule has 0 bridgehead atoms. The van der Waals surface area contributed by atoms with E-state index in [2.05, 4.69) is 26.1 Å². The fraction of sp³-hybridized carbons (Fsp3) is 0.933. The van der Waals surface area contributed by atoms with Crippen LogP contribution in [0.15, 0.2) is 0 Å². The number of carbonyl (C=O) groups excluding carboxylic acids is 1. The van der Waals surface area contributed by atoms with E-state index >= 15 is 0 Å². The highest BCUT2D eigenvalue weighted by Gasteiger charge is 2.42. The predicted octanol–water partition coefficient (Wildman–Crippen LogP) is 3.55. The fourth-order valence-electron chi connectivity index (χ4n) is 2.90. The van der Waals surface area contributed by atoms with Crippen molar-refractivity contribution in [3.8, 4) is 0 Å². The van der Waals surface area contributed by atoms with Gasteiger partial charge in [-0.15, -0.1) is 0 Å². The minimum atomic E-state index is -0.0508. The lowest BCUT2D eigenvalue weighted by atomic mass is 9.72. The Morgan fingerprint density at radius 3 is 2.47 bits per heavy atom. The summed E-state index contributed by atoms with van der Waals surface area (Å²) in [6.07, 6.45) is 8.02. The van der Waals surface area contributed by atoms with Crippen molar-refractivity contribution >= 4 is 5.78 Å². The summed E-state index contributed by atoms with van der Waals surface area (Å²) in [5, 5.41) is 3.37. The Morgan fingerprint density at radius 2 is 1.94 bits per heavy atom. The van der Waals surface area contributed by atoms with Gasteiger partial charge in [-0.05, 0) is 25.3 Å². The molecule has 0 radical (unpaired) electrons. The van der Waals surface area contributed by atoms with Crippen molar-refractivity contribution in [2.45, 2.75) is 65.7 Å². The second-order valence-electron chi connectivity index (χ2n) is 5.83. The third-order valence-corrected chi connectivity index (χ3v) is 4.36. The van der Waals surface area contributed by atoms with E-state index in [4.69, 9.17) is 0 Å². The summed E-state index contributed by atoms with van der Waals surface area (Å²) >= 11 is 0. The number of unbranched alkanes of at least 4 members (excludes halogenated alkanes) is 4.